The Hall–Kier alpha value is -3.05. The summed E-state index contributed by atoms with van der Waals surface area (Å²) in [7, 11) is 0. The van der Waals surface area contributed by atoms with Crippen molar-refractivity contribution < 1.29 is 27.6 Å². The second-order valence-corrected chi connectivity index (χ2v) is 9.40. The van der Waals surface area contributed by atoms with Crippen LogP contribution in [0, 0.1) is 0 Å². The lowest BCUT2D eigenvalue weighted by molar-refractivity contribution is -0.137. The summed E-state index contributed by atoms with van der Waals surface area (Å²) in [6, 6.07) is 11.6. The number of benzene rings is 2. The van der Waals surface area contributed by atoms with Gasteiger partial charge in [0.05, 0.1) is 18.2 Å². The van der Waals surface area contributed by atoms with Gasteiger partial charge in [-0.2, -0.15) is 13.2 Å². The van der Waals surface area contributed by atoms with E-state index in [0.29, 0.717) is 26.1 Å². The topological polar surface area (TPSA) is 90.5 Å². The zero-order valence-electron chi connectivity index (χ0n) is 20.0. The molecule has 3 N–H and O–H groups in total. The molecule has 2 aromatic carbocycles. The highest BCUT2D eigenvalue weighted by Crippen LogP contribution is 2.29. The zero-order valence-corrected chi connectivity index (χ0v) is 20.8. The molecule has 3 rings (SSSR count). The molecule has 2 atom stereocenters. The summed E-state index contributed by atoms with van der Waals surface area (Å²) in [5.41, 5.74) is -0.0477. The van der Waals surface area contributed by atoms with Crippen molar-refractivity contribution in [1.29, 1.82) is 0 Å². The molecule has 194 valence electrons. The largest absolute Gasteiger partial charge is 0.416 e. The molecule has 0 saturated carbocycles. The van der Waals surface area contributed by atoms with E-state index in [1.807, 2.05) is 30.5 Å². The third-order valence-electron chi connectivity index (χ3n) is 5.99. The first-order chi connectivity index (χ1) is 17.1. The van der Waals surface area contributed by atoms with Crippen molar-refractivity contribution >= 4 is 29.5 Å². The molecule has 2 aromatic rings. The van der Waals surface area contributed by atoms with Crippen molar-refractivity contribution in [3.05, 3.63) is 65.2 Å². The van der Waals surface area contributed by atoms with Crippen LogP contribution in [0.15, 0.2) is 53.4 Å². The van der Waals surface area contributed by atoms with Crippen LogP contribution in [0.2, 0.25) is 0 Å². The number of rotatable bonds is 8. The second kappa shape index (κ2) is 12.3. The maximum absolute atomic E-state index is 12.9. The third kappa shape index (κ3) is 7.72. The molecule has 0 spiro atoms. The number of thioether (sulfide) groups is 1. The quantitative estimate of drug-likeness (QED) is 0.464. The summed E-state index contributed by atoms with van der Waals surface area (Å²) in [5, 5.41) is 8.67. The van der Waals surface area contributed by atoms with Gasteiger partial charge in [0, 0.05) is 43.1 Å². The molecule has 0 aromatic heterocycles. The summed E-state index contributed by atoms with van der Waals surface area (Å²) in [4.78, 5) is 39.6. The Morgan fingerprint density at radius 3 is 2.44 bits per heavy atom. The minimum atomic E-state index is -4.57. The fourth-order valence-electron chi connectivity index (χ4n) is 3.98. The van der Waals surface area contributed by atoms with Crippen LogP contribution in [0.1, 0.15) is 34.8 Å². The highest BCUT2D eigenvalue weighted by molar-refractivity contribution is 7.98. The van der Waals surface area contributed by atoms with E-state index in [-0.39, 0.29) is 17.5 Å². The number of hydrogen-bond donors (Lipinski definition) is 3. The highest BCUT2D eigenvalue weighted by Gasteiger charge is 2.32. The molecule has 3 amide bonds. The van der Waals surface area contributed by atoms with E-state index in [4.69, 9.17) is 0 Å². The van der Waals surface area contributed by atoms with Gasteiger partial charge in [0.15, 0.2) is 0 Å². The molecular weight excluding hydrogens is 493 g/mol. The third-order valence-corrected chi connectivity index (χ3v) is 6.74. The molecule has 7 nitrogen and oxygen atoms in total. The van der Waals surface area contributed by atoms with Gasteiger partial charge in [-0.15, -0.1) is 11.8 Å². The highest BCUT2D eigenvalue weighted by atomic mass is 32.2. The first kappa shape index (κ1) is 27.5. The number of carbonyl (C=O) groups excluding carboxylic acids is 3. The first-order valence-electron chi connectivity index (χ1n) is 11.4. The average molecular weight is 523 g/mol. The van der Waals surface area contributed by atoms with E-state index in [1.165, 1.54) is 13.0 Å². The summed E-state index contributed by atoms with van der Waals surface area (Å²) in [6.45, 7) is 2.50. The molecule has 1 fully saturated rings. The minimum Gasteiger partial charge on any atom is -0.348 e. The van der Waals surface area contributed by atoms with Gasteiger partial charge in [0.25, 0.3) is 5.91 Å². The van der Waals surface area contributed by atoms with Crippen LogP contribution < -0.4 is 16.0 Å². The van der Waals surface area contributed by atoms with Crippen LogP contribution in [0.3, 0.4) is 0 Å². The Morgan fingerprint density at radius 1 is 1.08 bits per heavy atom. The zero-order chi connectivity index (χ0) is 26.3. The molecule has 36 heavy (non-hydrogen) atoms. The monoisotopic (exact) mass is 522 g/mol. The number of piperidine rings is 1. The molecule has 11 heteroatoms. The molecule has 0 unspecified atom stereocenters. The molecule has 1 heterocycles. The van der Waals surface area contributed by atoms with Crippen molar-refractivity contribution in [2.24, 2.45) is 0 Å². The van der Waals surface area contributed by atoms with Gasteiger partial charge < -0.3 is 20.9 Å². The number of likely N-dealkylation sites (tertiary alicyclic amines) is 1. The lowest BCUT2D eigenvalue weighted by Crippen LogP contribution is -2.61. The normalized spacial score (nSPS) is 18.0. The second-order valence-electron chi connectivity index (χ2n) is 8.52. The average Bonchev–Trinajstić information content (AvgIpc) is 2.86. The molecule has 1 saturated heterocycles. The number of hydrogen-bond acceptors (Lipinski definition) is 5. The van der Waals surface area contributed by atoms with Crippen LogP contribution in [0.5, 0.6) is 0 Å². The summed E-state index contributed by atoms with van der Waals surface area (Å²) in [5.74, 6) is -1.38. The lowest BCUT2D eigenvalue weighted by Gasteiger charge is -2.39. The van der Waals surface area contributed by atoms with Crippen LogP contribution in [0.25, 0.3) is 0 Å². The SMILES string of the molecule is CSc1ccc(CN[C@H]2CCN(C(C)=O)C[C@H]2NC(=O)CNC(=O)c2cccc(C(F)(F)F)c2)cc1. The van der Waals surface area contributed by atoms with Gasteiger partial charge in [-0.25, -0.2) is 0 Å². The maximum atomic E-state index is 12.9. The minimum absolute atomic E-state index is 0.0989. The summed E-state index contributed by atoms with van der Waals surface area (Å²) >= 11 is 1.66. The molecule has 1 aliphatic rings. The van der Waals surface area contributed by atoms with Crippen LogP contribution >= 0.6 is 11.8 Å². The van der Waals surface area contributed by atoms with Gasteiger partial charge in [-0.05, 0) is 48.6 Å². The fraction of sp³-hybridized carbons (Fsp3) is 0.400. The first-order valence-corrected chi connectivity index (χ1v) is 12.7. The molecule has 0 radical (unpaired) electrons. The number of halogens is 3. The van der Waals surface area contributed by atoms with Crippen molar-refractivity contribution in [2.45, 2.75) is 43.0 Å². The molecular formula is C25H29F3N4O3S. The Kier molecular flexibility index (Phi) is 9.38. The smallest absolute Gasteiger partial charge is 0.348 e. The number of alkyl halides is 3. The van der Waals surface area contributed by atoms with Gasteiger partial charge in [0.2, 0.25) is 11.8 Å². The van der Waals surface area contributed by atoms with E-state index in [1.54, 1.807) is 16.7 Å². The molecule has 0 aliphatic carbocycles. The number of carbonyl (C=O) groups is 3. The summed E-state index contributed by atoms with van der Waals surface area (Å²) < 4.78 is 38.7. The molecule has 0 bridgehead atoms. The van der Waals surface area contributed by atoms with E-state index in [9.17, 15) is 27.6 Å². The standard InChI is InChI=1S/C25H29F3N4O3S/c1-16(33)32-11-10-21(29-13-17-6-8-20(36-2)9-7-17)22(15-32)31-23(34)14-30-24(35)18-4-3-5-19(12-18)25(26,27)28/h3-9,12,21-22,29H,10-11,13-15H2,1-2H3,(H,30,35)(H,31,34)/t21-,22+/m0/s1. The Morgan fingerprint density at radius 2 is 1.81 bits per heavy atom. The van der Waals surface area contributed by atoms with Crippen molar-refractivity contribution in [3.63, 3.8) is 0 Å². The summed E-state index contributed by atoms with van der Waals surface area (Å²) in [6.07, 6.45) is -1.94. The number of nitrogens with zero attached hydrogens (tertiary/aromatic N) is 1. The van der Waals surface area contributed by atoms with Crippen LogP contribution in [0.4, 0.5) is 13.2 Å². The predicted molar refractivity (Wildman–Crippen MR) is 131 cm³/mol. The lowest BCUT2D eigenvalue weighted by atomic mass is 9.98. The van der Waals surface area contributed by atoms with E-state index < -0.39 is 36.1 Å². The Balaban J connectivity index is 1.58. The number of amides is 3. The Bertz CT molecular complexity index is 1080. The van der Waals surface area contributed by atoms with Crippen molar-refractivity contribution in [3.8, 4) is 0 Å². The Labute approximate surface area is 212 Å². The van der Waals surface area contributed by atoms with Crippen molar-refractivity contribution in [1.82, 2.24) is 20.9 Å². The van der Waals surface area contributed by atoms with E-state index in [2.05, 4.69) is 16.0 Å². The van der Waals surface area contributed by atoms with Gasteiger partial charge in [-0.1, -0.05) is 18.2 Å². The van der Waals surface area contributed by atoms with Gasteiger partial charge in [0.1, 0.15) is 0 Å². The predicted octanol–water partition coefficient (Wildman–Crippen LogP) is 3.05. The van der Waals surface area contributed by atoms with Crippen molar-refractivity contribution in [2.75, 3.05) is 25.9 Å². The number of nitrogens with one attached hydrogen (secondary N) is 3. The van der Waals surface area contributed by atoms with E-state index >= 15 is 0 Å². The van der Waals surface area contributed by atoms with Crippen LogP contribution in [-0.4, -0.2) is 60.6 Å². The van der Waals surface area contributed by atoms with Crippen LogP contribution in [-0.2, 0) is 22.3 Å². The maximum Gasteiger partial charge on any atom is 0.416 e. The fourth-order valence-corrected chi connectivity index (χ4v) is 4.39. The van der Waals surface area contributed by atoms with Gasteiger partial charge in [-0.3, -0.25) is 14.4 Å². The molecule has 1 aliphatic heterocycles. The van der Waals surface area contributed by atoms with Gasteiger partial charge >= 0.3 is 6.18 Å². The van der Waals surface area contributed by atoms with E-state index in [0.717, 1.165) is 28.7 Å².